The fourth-order valence-electron chi connectivity index (χ4n) is 3.31. The van der Waals surface area contributed by atoms with Crippen molar-refractivity contribution in [3.05, 3.63) is 0 Å². The molecule has 2 unspecified atom stereocenters. The molecule has 0 spiro atoms. The topological polar surface area (TPSA) is 32.3 Å². The van der Waals surface area contributed by atoms with E-state index in [2.05, 4.69) is 24.1 Å². The standard InChI is InChI=1S/C15H28N2O/c1-12(2)13-5-4-9-17(10-7-13)15(18)11-14-6-3-8-16-14/h12-14,16H,3-11H2,1-2H3. The van der Waals surface area contributed by atoms with Gasteiger partial charge < -0.3 is 10.2 Å². The first kappa shape index (κ1) is 13.9. The molecule has 1 amide bonds. The molecule has 2 saturated heterocycles. The normalized spacial score (nSPS) is 29.6. The average Bonchev–Trinajstić information content (AvgIpc) is 2.70. The largest absolute Gasteiger partial charge is 0.343 e. The number of nitrogens with one attached hydrogen (secondary N) is 1. The van der Waals surface area contributed by atoms with Crippen LogP contribution in [0.3, 0.4) is 0 Å². The molecular weight excluding hydrogens is 224 g/mol. The van der Waals surface area contributed by atoms with Crippen LogP contribution in [0.4, 0.5) is 0 Å². The molecule has 0 aromatic heterocycles. The van der Waals surface area contributed by atoms with Crippen LogP contribution in [0.2, 0.25) is 0 Å². The molecule has 0 saturated carbocycles. The summed E-state index contributed by atoms with van der Waals surface area (Å²) in [6, 6.07) is 0.446. The van der Waals surface area contributed by atoms with Crippen LogP contribution in [0, 0.1) is 11.8 Å². The molecule has 2 atom stereocenters. The van der Waals surface area contributed by atoms with Crippen LogP contribution in [-0.4, -0.2) is 36.5 Å². The minimum atomic E-state index is 0.374. The molecule has 1 N–H and O–H groups in total. The van der Waals surface area contributed by atoms with Crippen molar-refractivity contribution < 1.29 is 4.79 Å². The van der Waals surface area contributed by atoms with Crippen LogP contribution in [0.25, 0.3) is 0 Å². The Labute approximate surface area is 111 Å². The maximum absolute atomic E-state index is 12.3. The van der Waals surface area contributed by atoms with Gasteiger partial charge in [-0.25, -0.2) is 0 Å². The predicted octanol–water partition coefficient (Wildman–Crippen LogP) is 2.41. The van der Waals surface area contributed by atoms with E-state index in [0.29, 0.717) is 18.4 Å². The Morgan fingerprint density at radius 2 is 2.06 bits per heavy atom. The van der Waals surface area contributed by atoms with Gasteiger partial charge in [0.05, 0.1) is 0 Å². The molecule has 0 aromatic carbocycles. The van der Waals surface area contributed by atoms with Gasteiger partial charge in [0.2, 0.25) is 5.91 Å². The molecule has 2 heterocycles. The van der Waals surface area contributed by atoms with E-state index in [4.69, 9.17) is 0 Å². The molecular formula is C15H28N2O. The zero-order valence-corrected chi connectivity index (χ0v) is 12.0. The molecule has 2 fully saturated rings. The van der Waals surface area contributed by atoms with Crippen LogP contribution < -0.4 is 5.32 Å². The van der Waals surface area contributed by atoms with Gasteiger partial charge >= 0.3 is 0 Å². The van der Waals surface area contributed by atoms with E-state index in [1.165, 1.54) is 32.1 Å². The van der Waals surface area contributed by atoms with E-state index in [9.17, 15) is 4.79 Å². The molecule has 0 bridgehead atoms. The molecule has 2 aliphatic heterocycles. The van der Waals surface area contributed by atoms with Crippen molar-refractivity contribution in [3.63, 3.8) is 0 Å². The first-order chi connectivity index (χ1) is 8.66. The third-order valence-electron chi connectivity index (χ3n) is 4.65. The van der Waals surface area contributed by atoms with E-state index in [0.717, 1.165) is 31.5 Å². The molecule has 2 aliphatic rings. The SMILES string of the molecule is CC(C)C1CCCN(C(=O)CC2CCCN2)CC1. The van der Waals surface area contributed by atoms with Gasteiger partial charge in [-0.05, 0) is 50.5 Å². The summed E-state index contributed by atoms with van der Waals surface area (Å²) in [6.45, 7) is 7.67. The fourth-order valence-corrected chi connectivity index (χ4v) is 3.31. The number of likely N-dealkylation sites (tertiary alicyclic amines) is 1. The third kappa shape index (κ3) is 3.71. The molecule has 2 rings (SSSR count). The predicted molar refractivity (Wildman–Crippen MR) is 74.4 cm³/mol. The maximum atomic E-state index is 12.3. The number of hydrogen-bond acceptors (Lipinski definition) is 2. The summed E-state index contributed by atoms with van der Waals surface area (Å²) in [5.74, 6) is 1.95. The van der Waals surface area contributed by atoms with Crippen molar-refractivity contribution in [2.75, 3.05) is 19.6 Å². The summed E-state index contributed by atoms with van der Waals surface area (Å²) >= 11 is 0. The smallest absolute Gasteiger partial charge is 0.224 e. The number of amides is 1. The van der Waals surface area contributed by atoms with Crippen molar-refractivity contribution in [2.45, 2.75) is 58.4 Å². The van der Waals surface area contributed by atoms with Gasteiger partial charge in [-0.2, -0.15) is 0 Å². The summed E-state index contributed by atoms with van der Waals surface area (Å²) in [5, 5.41) is 3.42. The lowest BCUT2D eigenvalue weighted by atomic mass is 9.89. The zero-order chi connectivity index (χ0) is 13.0. The number of hydrogen-bond donors (Lipinski definition) is 1. The van der Waals surface area contributed by atoms with Crippen molar-refractivity contribution in [1.29, 1.82) is 0 Å². The van der Waals surface area contributed by atoms with Crippen molar-refractivity contribution in [2.24, 2.45) is 11.8 Å². The summed E-state index contributed by atoms with van der Waals surface area (Å²) in [7, 11) is 0. The van der Waals surface area contributed by atoms with Gasteiger partial charge in [-0.1, -0.05) is 13.8 Å². The van der Waals surface area contributed by atoms with Crippen molar-refractivity contribution in [1.82, 2.24) is 10.2 Å². The number of nitrogens with zero attached hydrogens (tertiary/aromatic N) is 1. The van der Waals surface area contributed by atoms with Crippen molar-refractivity contribution >= 4 is 5.91 Å². The van der Waals surface area contributed by atoms with Gasteiger partial charge in [0.15, 0.2) is 0 Å². The summed E-state index contributed by atoms with van der Waals surface area (Å²) in [5.41, 5.74) is 0. The van der Waals surface area contributed by atoms with Gasteiger partial charge in [0, 0.05) is 25.6 Å². The highest BCUT2D eigenvalue weighted by Gasteiger charge is 2.25. The Hall–Kier alpha value is -0.570. The zero-order valence-electron chi connectivity index (χ0n) is 12.0. The summed E-state index contributed by atoms with van der Waals surface area (Å²) in [6.07, 6.45) is 6.80. The number of rotatable bonds is 3. The lowest BCUT2D eigenvalue weighted by Gasteiger charge is -2.23. The summed E-state index contributed by atoms with van der Waals surface area (Å²) in [4.78, 5) is 14.4. The second-order valence-corrected chi connectivity index (χ2v) is 6.31. The molecule has 3 nitrogen and oxygen atoms in total. The summed E-state index contributed by atoms with van der Waals surface area (Å²) < 4.78 is 0. The lowest BCUT2D eigenvalue weighted by Crippen LogP contribution is -2.36. The van der Waals surface area contributed by atoms with E-state index in [1.54, 1.807) is 0 Å². The van der Waals surface area contributed by atoms with Crippen LogP contribution in [-0.2, 0) is 4.79 Å². The van der Waals surface area contributed by atoms with Crippen LogP contribution in [0.15, 0.2) is 0 Å². The highest BCUT2D eigenvalue weighted by Crippen LogP contribution is 2.25. The van der Waals surface area contributed by atoms with Crippen LogP contribution in [0.1, 0.15) is 52.4 Å². The van der Waals surface area contributed by atoms with E-state index in [1.807, 2.05) is 0 Å². The quantitative estimate of drug-likeness (QED) is 0.836. The second-order valence-electron chi connectivity index (χ2n) is 6.31. The molecule has 0 aliphatic carbocycles. The third-order valence-corrected chi connectivity index (χ3v) is 4.65. The maximum Gasteiger partial charge on any atom is 0.224 e. The lowest BCUT2D eigenvalue weighted by molar-refractivity contribution is -0.131. The second kappa shape index (κ2) is 6.55. The van der Waals surface area contributed by atoms with Gasteiger partial charge in [-0.3, -0.25) is 4.79 Å². The van der Waals surface area contributed by atoms with Gasteiger partial charge in [-0.15, -0.1) is 0 Å². The van der Waals surface area contributed by atoms with Gasteiger partial charge in [0.1, 0.15) is 0 Å². The van der Waals surface area contributed by atoms with Crippen LogP contribution >= 0.6 is 0 Å². The molecule has 0 radical (unpaired) electrons. The van der Waals surface area contributed by atoms with E-state index >= 15 is 0 Å². The van der Waals surface area contributed by atoms with E-state index < -0.39 is 0 Å². The Bertz CT molecular complexity index is 272. The molecule has 3 heteroatoms. The Kier molecular flexibility index (Phi) is 5.04. The Morgan fingerprint density at radius 1 is 1.22 bits per heavy atom. The number of carbonyl (C=O) groups is 1. The molecule has 104 valence electrons. The van der Waals surface area contributed by atoms with E-state index in [-0.39, 0.29) is 0 Å². The number of carbonyl (C=O) groups excluding carboxylic acids is 1. The molecule has 18 heavy (non-hydrogen) atoms. The first-order valence-corrected chi connectivity index (χ1v) is 7.68. The Morgan fingerprint density at radius 3 is 2.72 bits per heavy atom. The highest BCUT2D eigenvalue weighted by molar-refractivity contribution is 5.76. The van der Waals surface area contributed by atoms with Crippen LogP contribution in [0.5, 0.6) is 0 Å². The van der Waals surface area contributed by atoms with Gasteiger partial charge in [0.25, 0.3) is 0 Å². The first-order valence-electron chi connectivity index (χ1n) is 7.68. The van der Waals surface area contributed by atoms with Crippen molar-refractivity contribution in [3.8, 4) is 0 Å². The highest BCUT2D eigenvalue weighted by atomic mass is 16.2. The monoisotopic (exact) mass is 252 g/mol. The fraction of sp³-hybridized carbons (Fsp3) is 0.933. The minimum Gasteiger partial charge on any atom is -0.343 e. The Balaban J connectivity index is 1.79. The molecule has 0 aromatic rings. The average molecular weight is 252 g/mol. The minimum absolute atomic E-state index is 0.374.